The van der Waals surface area contributed by atoms with E-state index in [1.54, 1.807) is 0 Å². The largest absolute Gasteiger partial charge is 0.311 e. The Hall–Kier alpha value is -8.00. The Morgan fingerprint density at radius 1 is 0.262 bits per heavy atom. The molecule has 61 heavy (non-hydrogen) atoms. The third kappa shape index (κ3) is 7.03. The van der Waals surface area contributed by atoms with E-state index in [1.807, 2.05) is 83.8 Å². The van der Waals surface area contributed by atoms with Gasteiger partial charge in [0.1, 0.15) is 0 Å². The Morgan fingerprint density at radius 3 is 1.26 bits per heavy atom. The molecule has 1 nitrogen and oxygen atoms in total. The van der Waals surface area contributed by atoms with Crippen molar-refractivity contribution in [1.82, 2.24) is 0 Å². The molecule has 286 valence electrons. The number of hydrogen-bond donors (Lipinski definition) is 0. The van der Waals surface area contributed by atoms with E-state index in [0.717, 1.165) is 66.1 Å². The lowest BCUT2D eigenvalue weighted by atomic mass is 9.89. The number of fused-ring (bicyclic) bond motifs is 3. The Bertz CT molecular complexity index is 3540. The summed E-state index contributed by atoms with van der Waals surface area (Å²) in [6.45, 7) is 0. The van der Waals surface area contributed by atoms with Crippen LogP contribution >= 0.6 is 0 Å². The van der Waals surface area contributed by atoms with Crippen LogP contribution in [-0.4, -0.2) is 0 Å². The number of anilines is 3. The summed E-state index contributed by atoms with van der Waals surface area (Å²) in [5.41, 5.74) is 11.1. The first-order valence-electron chi connectivity index (χ1n) is 22.7. The number of rotatable bonds is 8. The Balaban J connectivity index is 1.03. The maximum absolute atomic E-state index is 9.62. The Morgan fingerprint density at radius 2 is 0.689 bits per heavy atom. The van der Waals surface area contributed by atoms with E-state index in [2.05, 4.69) is 146 Å². The van der Waals surface area contributed by atoms with Crippen LogP contribution in [-0.2, 0) is 0 Å². The van der Waals surface area contributed by atoms with Crippen molar-refractivity contribution >= 4 is 49.4 Å². The van der Waals surface area contributed by atoms with Gasteiger partial charge in [0.15, 0.2) is 0 Å². The van der Waals surface area contributed by atoms with E-state index in [-0.39, 0.29) is 35.4 Å². The maximum Gasteiger partial charge on any atom is 0.0645 e. The fourth-order valence-electron chi connectivity index (χ4n) is 8.56. The van der Waals surface area contributed by atoms with Gasteiger partial charge >= 0.3 is 0 Å². The Labute approximate surface area is 362 Å². The molecule has 0 aliphatic carbocycles. The van der Waals surface area contributed by atoms with Crippen LogP contribution in [0.2, 0.25) is 0 Å². The van der Waals surface area contributed by atoms with Gasteiger partial charge in [0.25, 0.3) is 0 Å². The lowest BCUT2D eigenvalue weighted by Crippen LogP contribution is -2.09. The summed E-state index contributed by atoms with van der Waals surface area (Å²) < 4.78 is 38.2. The molecule has 0 unspecified atom stereocenters. The summed E-state index contributed by atoms with van der Waals surface area (Å²) in [7, 11) is 0. The first kappa shape index (κ1) is 31.9. The summed E-state index contributed by atoms with van der Waals surface area (Å²) in [6.07, 6.45) is 0. The molecule has 0 aromatic heterocycles. The molecule has 11 aromatic carbocycles. The number of hydrogen-bond acceptors (Lipinski definition) is 1. The van der Waals surface area contributed by atoms with Crippen molar-refractivity contribution in [2.24, 2.45) is 0 Å². The molecule has 0 aliphatic rings. The standard InChI is InChI=1S/C60H41N/c1-2-12-48(13-3-1)59-39-32-49-14-8-9-17-58(49)60(59)50-30-37-57(38-31-50)61(56-35-28-47(29-36-56)54-25-23-43-11-5-7-16-52(43)41-54)55-33-26-45(27-34-55)44-18-20-46(21-19-44)53-24-22-42-10-4-6-15-51(42)40-53/h1-41H/i26D,27D,33D,34D. The zero-order valence-electron chi connectivity index (χ0n) is 37.3. The van der Waals surface area contributed by atoms with Crippen LogP contribution in [0, 0.1) is 0 Å². The van der Waals surface area contributed by atoms with Gasteiger partial charge in [-0.3, -0.25) is 0 Å². The minimum absolute atomic E-state index is 0.0999. The molecule has 11 aromatic rings. The molecule has 0 saturated carbocycles. The Kier molecular flexibility index (Phi) is 8.18. The van der Waals surface area contributed by atoms with E-state index in [9.17, 15) is 5.48 Å². The molecule has 0 atom stereocenters. The number of nitrogens with zero attached hydrogens (tertiary/aromatic N) is 1. The van der Waals surface area contributed by atoms with E-state index in [1.165, 1.54) is 10.8 Å². The molecule has 0 spiro atoms. The van der Waals surface area contributed by atoms with Crippen LogP contribution in [0.1, 0.15) is 5.48 Å². The predicted molar refractivity (Wildman–Crippen MR) is 261 cm³/mol. The fourth-order valence-corrected chi connectivity index (χ4v) is 8.56. The molecule has 0 fully saturated rings. The molecule has 0 heterocycles. The van der Waals surface area contributed by atoms with Crippen LogP contribution in [0.25, 0.3) is 88.0 Å². The van der Waals surface area contributed by atoms with Gasteiger partial charge in [-0.1, -0.05) is 200 Å². The van der Waals surface area contributed by atoms with Gasteiger partial charge in [-0.2, -0.15) is 0 Å². The summed E-state index contributed by atoms with van der Waals surface area (Å²) in [6, 6.07) is 76.3. The third-order valence-corrected chi connectivity index (χ3v) is 11.7. The second kappa shape index (κ2) is 15.6. The van der Waals surface area contributed by atoms with Gasteiger partial charge in [0.2, 0.25) is 0 Å². The summed E-state index contributed by atoms with van der Waals surface area (Å²) in [5.74, 6) is 0. The zero-order valence-corrected chi connectivity index (χ0v) is 33.3. The molecule has 0 N–H and O–H groups in total. The first-order valence-corrected chi connectivity index (χ1v) is 20.7. The second-order valence-electron chi connectivity index (χ2n) is 15.4. The van der Waals surface area contributed by atoms with E-state index >= 15 is 0 Å². The van der Waals surface area contributed by atoms with Crippen molar-refractivity contribution in [3.63, 3.8) is 0 Å². The molecule has 11 rings (SSSR count). The molecule has 1 heteroatoms. The SMILES string of the molecule is [2H]c1c([2H])c(N(c2ccc(-c3ccc4ccccc4c3)cc2)c2ccc(-c3c(-c4ccccc4)ccc4ccccc34)cc2)c([2H])c([2H])c1-c1ccc(-c2ccc3ccccc3c2)cc1. The third-order valence-electron chi connectivity index (χ3n) is 11.7. The molecule has 0 aliphatic heterocycles. The van der Waals surface area contributed by atoms with Crippen LogP contribution in [0.4, 0.5) is 17.1 Å². The second-order valence-corrected chi connectivity index (χ2v) is 15.4. The quantitative estimate of drug-likeness (QED) is 0.148. The summed E-state index contributed by atoms with van der Waals surface area (Å²) in [5, 5.41) is 6.94. The van der Waals surface area contributed by atoms with E-state index in [4.69, 9.17) is 0 Å². The minimum atomic E-state index is -0.122. The molecular weight excluding hydrogens is 735 g/mol. The highest BCUT2D eigenvalue weighted by Gasteiger charge is 2.16. The van der Waals surface area contributed by atoms with Crippen molar-refractivity contribution in [2.75, 3.05) is 4.90 Å². The van der Waals surface area contributed by atoms with Gasteiger partial charge in [-0.25, -0.2) is 0 Å². The maximum atomic E-state index is 9.62. The smallest absolute Gasteiger partial charge is 0.0645 e. The zero-order chi connectivity index (χ0) is 44.0. The molecule has 0 bridgehead atoms. The lowest BCUT2D eigenvalue weighted by Gasteiger charge is -2.26. The van der Waals surface area contributed by atoms with E-state index < -0.39 is 0 Å². The fraction of sp³-hybridized carbons (Fsp3) is 0. The molecule has 0 radical (unpaired) electrons. The number of benzene rings is 11. The molecule has 0 saturated heterocycles. The van der Waals surface area contributed by atoms with Gasteiger partial charge in [0.05, 0.1) is 5.48 Å². The average molecular weight is 780 g/mol. The highest BCUT2D eigenvalue weighted by Crippen LogP contribution is 2.42. The van der Waals surface area contributed by atoms with Gasteiger partial charge < -0.3 is 4.90 Å². The van der Waals surface area contributed by atoms with Crippen LogP contribution < -0.4 is 4.90 Å². The van der Waals surface area contributed by atoms with Gasteiger partial charge in [-0.05, 0) is 136 Å². The van der Waals surface area contributed by atoms with Crippen molar-refractivity contribution < 1.29 is 5.48 Å². The van der Waals surface area contributed by atoms with Crippen molar-refractivity contribution in [2.45, 2.75) is 0 Å². The van der Waals surface area contributed by atoms with E-state index in [0.29, 0.717) is 16.9 Å². The highest BCUT2D eigenvalue weighted by molar-refractivity contribution is 6.04. The van der Waals surface area contributed by atoms with Crippen molar-refractivity contribution in [3.8, 4) is 55.6 Å². The first-order chi connectivity index (χ1) is 31.9. The average Bonchev–Trinajstić information content (AvgIpc) is 3.37. The lowest BCUT2D eigenvalue weighted by molar-refractivity contribution is 1.28. The van der Waals surface area contributed by atoms with Crippen LogP contribution in [0.3, 0.4) is 0 Å². The summed E-state index contributed by atoms with van der Waals surface area (Å²) >= 11 is 0. The topological polar surface area (TPSA) is 3.24 Å². The predicted octanol–water partition coefficient (Wildman–Crippen LogP) is 17.0. The highest BCUT2D eigenvalue weighted by atomic mass is 15.1. The van der Waals surface area contributed by atoms with Gasteiger partial charge in [-0.15, -0.1) is 0 Å². The normalized spacial score (nSPS) is 12.2. The molecular formula is C60H41N. The van der Waals surface area contributed by atoms with Gasteiger partial charge in [0, 0.05) is 17.1 Å². The monoisotopic (exact) mass is 779 g/mol. The molecule has 0 amide bonds. The van der Waals surface area contributed by atoms with Crippen molar-refractivity contribution in [1.29, 1.82) is 0 Å². The van der Waals surface area contributed by atoms with Crippen LogP contribution in [0.5, 0.6) is 0 Å². The van der Waals surface area contributed by atoms with Crippen LogP contribution in [0.15, 0.2) is 249 Å². The summed E-state index contributed by atoms with van der Waals surface area (Å²) in [4.78, 5) is 1.86. The minimum Gasteiger partial charge on any atom is -0.311 e. The van der Waals surface area contributed by atoms with Crippen molar-refractivity contribution in [3.05, 3.63) is 249 Å².